The van der Waals surface area contributed by atoms with Gasteiger partial charge in [0.2, 0.25) is 10.0 Å². The molecule has 1 heterocycles. The molecule has 258 valence electrons. The Balaban J connectivity index is 1.23. The number of sulfonamides is 1. The van der Waals surface area contributed by atoms with Gasteiger partial charge >= 0.3 is 5.97 Å². The molecule has 0 aliphatic carbocycles. The van der Waals surface area contributed by atoms with Crippen LogP contribution in [0.4, 0.5) is 5.69 Å². The molecule has 8 nitrogen and oxygen atoms in total. The molecule has 47 heavy (non-hydrogen) atoms. The van der Waals surface area contributed by atoms with E-state index in [1.54, 1.807) is 12.1 Å². The third kappa shape index (κ3) is 12.7. The number of allylic oxidation sites excluding steroid dienone is 4. The van der Waals surface area contributed by atoms with Crippen molar-refractivity contribution in [2.24, 2.45) is 0 Å². The van der Waals surface area contributed by atoms with Crippen LogP contribution in [-0.4, -0.2) is 66.1 Å². The molecular formula is C38H54N2O6S. The van der Waals surface area contributed by atoms with E-state index in [1.165, 1.54) is 16.7 Å². The summed E-state index contributed by atoms with van der Waals surface area (Å²) in [7, 11) is 0.318. The van der Waals surface area contributed by atoms with Gasteiger partial charge < -0.3 is 19.5 Å². The van der Waals surface area contributed by atoms with Gasteiger partial charge in [-0.3, -0.25) is 0 Å². The van der Waals surface area contributed by atoms with E-state index in [2.05, 4.69) is 43.4 Å². The Kier molecular flexibility index (Phi) is 15.9. The molecule has 9 heteroatoms. The molecule has 0 saturated carbocycles. The minimum atomic E-state index is -3.60. The number of benzene rings is 2. The zero-order valence-electron chi connectivity index (χ0n) is 28.7. The van der Waals surface area contributed by atoms with Crippen LogP contribution >= 0.6 is 0 Å². The van der Waals surface area contributed by atoms with E-state index in [9.17, 15) is 13.2 Å². The predicted molar refractivity (Wildman–Crippen MR) is 193 cm³/mol. The number of ether oxygens (including phenoxy) is 2. The fraction of sp³-hybridized carbons (Fsp3) is 0.500. The van der Waals surface area contributed by atoms with Gasteiger partial charge in [-0.05, 0) is 82.9 Å². The Morgan fingerprint density at radius 2 is 1.74 bits per heavy atom. The molecule has 0 radical (unpaired) electrons. The summed E-state index contributed by atoms with van der Waals surface area (Å²) in [6.07, 6.45) is 15.6. The molecule has 0 amide bonds. The number of carboxylic acids is 1. The smallest absolute Gasteiger partial charge is 0.333 e. The molecule has 0 spiro atoms. The van der Waals surface area contributed by atoms with Crippen molar-refractivity contribution in [2.75, 3.05) is 45.4 Å². The first-order valence-corrected chi connectivity index (χ1v) is 18.3. The number of fused-ring (bicyclic) bond motifs is 1. The molecule has 2 aromatic rings. The van der Waals surface area contributed by atoms with E-state index >= 15 is 0 Å². The van der Waals surface area contributed by atoms with Crippen LogP contribution in [0.1, 0.15) is 78.1 Å². The van der Waals surface area contributed by atoms with Crippen molar-refractivity contribution in [3.05, 3.63) is 83.5 Å². The van der Waals surface area contributed by atoms with Gasteiger partial charge in [0.25, 0.3) is 0 Å². The maximum Gasteiger partial charge on any atom is 0.333 e. The van der Waals surface area contributed by atoms with Crippen LogP contribution in [0, 0.1) is 0 Å². The van der Waals surface area contributed by atoms with Crippen LogP contribution in [-0.2, 0) is 24.3 Å². The number of carbonyl (C=O) groups is 1. The molecule has 0 aromatic heterocycles. The highest BCUT2D eigenvalue weighted by Gasteiger charge is 2.23. The number of nitrogens with zero attached hydrogens (tertiary/aromatic N) is 1. The predicted octanol–water partition coefficient (Wildman–Crippen LogP) is 7.96. The minimum absolute atomic E-state index is 0.142. The summed E-state index contributed by atoms with van der Waals surface area (Å²) in [5.41, 5.74) is 4.99. The SMILES string of the molecule is C=C(C(=O)O)[C@H]1CC/C(=C/CC/C=C(\C)CC/C=C(\C)COCCCCCCNS(=O)(=O)c2cccc3c(N(C)C)cccc23)CO1. The van der Waals surface area contributed by atoms with Gasteiger partial charge in [0.05, 0.1) is 29.8 Å². The van der Waals surface area contributed by atoms with E-state index < -0.39 is 16.0 Å². The fourth-order valence-corrected chi connectivity index (χ4v) is 6.96. The van der Waals surface area contributed by atoms with E-state index in [1.807, 2.05) is 43.3 Å². The van der Waals surface area contributed by atoms with E-state index in [0.717, 1.165) is 74.2 Å². The van der Waals surface area contributed by atoms with Gasteiger partial charge in [-0.15, -0.1) is 0 Å². The zero-order valence-corrected chi connectivity index (χ0v) is 29.5. The summed E-state index contributed by atoms with van der Waals surface area (Å²) in [4.78, 5) is 13.4. The van der Waals surface area contributed by atoms with E-state index in [0.29, 0.717) is 37.7 Å². The number of hydrogen-bond acceptors (Lipinski definition) is 6. The lowest BCUT2D eigenvalue weighted by atomic mass is 9.98. The number of aliphatic carboxylic acids is 1. The lowest BCUT2D eigenvalue weighted by Gasteiger charge is -2.24. The summed E-state index contributed by atoms with van der Waals surface area (Å²) in [5, 5.41) is 10.7. The lowest BCUT2D eigenvalue weighted by molar-refractivity contribution is -0.134. The van der Waals surface area contributed by atoms with Gasteiger partial charge in [0.15, 0.2) is 0 Å². The van der Waals surface area contributed by atoms with Gasteiger partial charge in [0, 0.05) is 43.7 Å². The Morgan fingerprint density at radius 1 is 1.02 bits per heavy atom. The quantitative estimate of drug-likeness (QED) is 0.0839. The van der Waals surface area contributed by atoms with Crippen molar-refractivity contribution in [1.82, 2.24) is 4.72 Å². The highest BCUT2D eigenvalue weighted by Crippen LogP contribution is 2.30. The van der Waals surface area contributed by atoms with Crippen LogP contribution in [0.25, 0.3) is 10.8 Å². The average molecular weight is 667 g/mol. The molecule has 1 saturated heterocycles. The first-order valence-electron chi connectivity index (χ1n) is 16.8. The highest BCUT2D eigenvalue weighted by molar-refractivity contribution is 7.89. The van der Waals surface area contributed by atoms with Crippen LogP contribution in [0.15, 0.2) is 88.4 Å². The van der Waals surface area contributed by atoms with Crippen LogP contribution in [0.2, 0.25) is 0 Å². The Hall–Kier alpha value is -3.24. The number of carboxylic acid groups (broad SMARTS) is 1. The maximum absolute atomic E-state index is 13.1. The normalized spacial score (nSPS) is 16.9. The molecule has 1 aliphatic heterocycles. The number of hydrogen-bond donors (Lipinski definition) is 2. The number of unbranched alkanes of at least 4 members (excludes halogenated alkanes) is 4. The van der Waals surface area contributed by atoms with E-state index in [-0.39, 0.29) is 11.7 Å². The van der Waals surface area contributed by atoms with Crippen molar-refractivity contribution in [3.8, 4) is 0 Å². The van der Waals surface area contributed by atoms with Crippen LogP contribution in [0.3, 0.4) is 0 Å². The molecule has 2 N–H and O–H groups in total. The second kappa shape index (κ2) is 19.5. The summed E-state index contributed by atoms with van der Waals surface area (Å²) in [6, 6.07) is 11.2. The highest BCUT2D eigenvalue weighted by atomic mass is 32.2. The first kappa shape index (κ1) is 38.2. The minimum Gasteiger partial charge on any atom is -0.478 e. The molecule has 3 rings (SSSR count). The lowest BCUT2D eigenvalue weighted by Crippen LogP contribution is -2.26. The first-order chi connectivity index (χ1) is 22.5. The summed E-state index contributed by atoms with van der Waals surface area (Å²) >= 11 is 0. The molecule has 1 fully saturated rings. The standard InChI is InChI=1S/C38H54N2O6S/c1-29(15-8-9-18-32-23-24-36(46-28-32)31(3)38(41)42)16-12-17-30(2)27-45-26-11-7-6-10-25-39-47(43,44)37-22-14-19-33-34(37)20-13-21-35(33)40(4)5/h13-15,17-22,36,39H,3,6-12,16,23-28H2,1-2,4-5H3,(H,41,42)/b29-15+,30-17+,32-18-/t36-/m1/s1. The average Bonchev–Trinajstić information content (AvgIpc) is 3.05. The van der Waals surface area contributed by atoms with Gasteiger partial charge in [-0.25, -0.2) is 17.9 Å². The van der Waals surface area contributed by atoms with Crippen molar-refractivity contribution in [1.29, 1.82) is 0 Å². The summed E-state index contributed by atoms with van der Waals surface area (Å²) < 4.78 is 40.4. The molecule has 0 unspecified atom stereocenters. The number of anilines is 1. The van der Waals surface area contributed by atoms with Gasteiger partial charge in [-0.1, -0.05) is 73.1 Å². The fourth-order valence-electron chi connectivity index (χ4n) is 5.67. The van der Waals surface area contributed by atoms with Crippen molar-refractivity contribution >= 4 is 32.5 Å². The monoisotopic (exact) mass is 666 g/mol. The summed E-state index contributed by atoms with van der Waals surface area (Å²) in [5.74, 6) is -0.983. The Labute approximate surface area is 282 Å². The third-order valence-electron chi connectivity index (χ3n) is 8.45. The molecular weight excluding hydrogens is 612 g/mol. The molecule has 1 atom stereocenters. The maximum atomic E-state index is 13.1. The van der Waals surface area contributed by atoms with Gasteiger partial charge in [0.1, 0.15) is 0 Å². The Morgan fingerprint density at radius 3 is 2.47 bits per heavy atom. The second-order valence-corrected chi connectivity index (χ2v) is 14.4. The van der Waals surface area contributed by atoms with Crippen molar-refractivity contribution in [3.63, 3.8) is 0 Å². The molecule has 1 aliphatic rings. The van der Waals surface area contributed by atoms with Crippen LogP contribution in [0.5, 0.6) is 0 Å². The number of rotatable bonds is 20. The molecule has 0 bridgehead atoms. The van der Waals surface area contributed by atoms with E-state index in [4.69, 9.17) is 14.6 Å². The largest absolute Gasteiger partial charge is 0.478 e. The van der Waals surface area contributed by atoms with Crippen molar-refractivity contribution < 1.29 is 27.8 Å². The molecule has 2 aromatic carbocycles. The zero-order chi connectivity index (χ0) is 34.2. The number of nitrogens with one attached hydrogen (secondary N) is 1. The summed E-state index contributed by atoms with van der Waals surface area (Å²) in [6.45, 7) is 10.1. The topological polar surface area (TPSA) is 105 Å². The second-order valence-electron chi connectivity index (χ2n) is 12.6. The van der Waals surface area contributed by atoms with Crippen molar-refractivity contribution in [2.45, 2.75) is 89.1 Å². The van der Waals surface area contributed by atoms with Gasteiger partial charge in [-0.2, -0.15) is 0 Å². The Bertz CT molecular complexity index is 1530. The third-order valence-corrected chi connectivity index (χ3v) is 9.97. The van der Waals surface area contributed by atoms with Crippen LogP contribution < -0.4 is 9.62 Å².